The fraction of sp³-hybridized carbons (Fsp3) is 0.455. The van der Waals surface area contributed by atoms with Crippen molar-refractivity contribution in [2.75, 3.05) is 24.2 Å². The molecular formula is C11H16F2N2O. The second-order valence-electron chi connectivity index (χ2n) is 3.86. The average Bonchev–Trinajstić information content (AvgIpc) is 2.21. The lowest BCUT2D eigenvalue weighted by Gasteiger charge is -2.22. The van der Waals surface area contributed by atoms with Crippen LogP contribution in [0.15, 0.2) is 12.1 Å². The number of nitrogens with zero attached hydrogens (tertiary/aromatic N) is 1. The van der Waals surface area contributed by atoms with Gasteiger partial charge in [0.2, 0.25) is 0 Å². The Hall–Kier alpha value is -1.36. The monoisotopic (exact) mass is 230 g/mol. The van der Waals surface area contributed by atoms with E-state index >= 15 is 0 Å². The van der Waals surface area contributed by atoms with E-state index in [1.54, 1.807) is 14.0 Å². The van der Waals surface area contributed by atoms with E-state index in [0.29, 0.717) is 13.0 Å². The number of aliphatic hydroxyl groups excluding tert-OH is 1. The van der Waals surface area contributed by atoms with Crippen molar-refractivity contribution in [2.24, 2.45) is 0 Å². The normalized spacial score (nSPS) is 12.6. The molecule has 3 N–H and O–H groups in total. The summed E-state index contributed by atoms with van der Waals surface area (Å²) in [6.45, 7) is 2.04. The highest BCUT2D eigenvalue weighted by Gasteiger charge is 2.15. The molecule has 0 bridgehead atoms. The van der Waals surface area contributed by atoms with Crippen LogP contribution in [0.25, 0.3) is 0 Å². The molecule has 0 aliphatic heterocycles. The summed E-state index contributed by atoms with van der Waals surface area (Å²) in [5.41, 5.74) is 5.82. The van der Waals surface area contributed by atoms with E-state index in [0.717, 1.165) is 6.07 Å². The van der Waals surface area contributed by atoms with E-state index in [2.05, 4.69) is 0 Å². The first-order valence-electron chi connectivity index (χ1n) is 5.06. The van der Waals surface area contributed by atoms with Crippen LogP contribution in [0.1, 0.15) is 13.3 Å². The summed E-state index contributed by atoms with van der Waals surface area (Å²) >= 11 is 0. The SMILES string of the molecule is CC(O)CCN(C)c1c(N)ccc(F)c1F. The molecule has 0 saturated heterocycles. The zero-order valence-electron chi connectivity index (χ0n) is 9.37. The molecule has 0 aromatic heterocycles. The lowest BCUT2D eigenvalue weighted by Crippen LogP contribution is -2.24. The minimum atomic E-state index is -0.951. The van der Waals surface area contributed by atoms with Crippen LogP contribution in [0.4, 0.5) is 20.2 Å². The van der Waals surface area contributed by atoms with Gasteiger partial charge in [-0.15, -0.1) is 0 Å². The quantitative estimate of drug-likeness (QED) is 0.775. The van der Waals surface area contributed by atoms with Crippen molar-refractivity contribution in [1.82, 2.24) is 0 Å². The lowest BCUT2D eigenvalue weighted by atomic mass is 10.2. The topological polar surface area (TPSA) is 49.5 Å². The van der Waals surface area contributed by atoms with Crippen molar-refractivity contribution in [3.8, 4) is 0 Å². The van der Waals surface area contributed by atoms with Gasteiger partial charge in [-0.05, 0) is 25.5 Å². The standard InChI is InChI=1S/C11H16F2N2O/c1-7(16)5-6-15(2)11-9(14)4-3-8(12)10(11)13/h3-4,7,16H,5-6,14H2,1-2H3. The first kappa shape index (κ1) is 12.7. The van der Waals surface area contributed by atoms with Gasteiger partial charge < -0.3 is 15.7 Å². The van der Waals surface area contributed by atoms with E-state index in [-0.39, 0.29) is 11.4 Å². The van der Waals surface area contributed by atoms with Crippen LogP contribution in [0.5, 0.6) is 0 Å². The molecule has 90 valence electrons. The zero-order chi connectivity index (χ0) is 12.3. The minimum absolute atomic E-state index is 0.0423. The van der Waals surface area contributed by atoms with Gasteiger partial charge in [0, 0.05) is 13.6 Å². The van der Waals surface area contributed by atoms with Crippen LogP contribution < -0.4 is 10.6 Å². The fourth-order valence-corrected chi connectivity index (χ4v) is 1.44. The summed E-state index contributed by atoms with van der Waals surface area (Å²) in [5.74, 6) is -1.87. The summed E-state index contributed by atoms with van der Waals surface area (Å²) in [4.78, 5) is 1.50. The van der Waals surface area contributed by atoms with E-state index < -0.39 is 17.7 Å². The number of rotatable bonds is 4. The smallest absolute Gasteiger partial charge is 0.184 e. The predicted octanol–water partition coefficient (Wildman–Crippen LogP) is 1.75. The highest BCUT2D eigenvalue weighted by molar-refractivity contribution is 5.68. The number of nitrogens with two attached hydrogens (primary N) is 1. The minimum Gasteiger partial charge on any atom is -0.397 e. The molecule has 16 heavy (non-hydrogen) atoms. The number of nitrogen functional groups attached to an aromatic ring is 1. The summed E-state index contributed by atoms with van der Waals surface area (Å²) < 4.78 is 26.5. The van der Waals surface area contributed by atoms with Crippen molar-refractivity contribution in [3.05, 3.63) is 23.8 Å². The van der Waals surface area contributed by atoms with E-state index in [1.807, 2.05) is 0 Å². The van der Waals surface area contributed by atoms with Gasteiger partial charge in [-0.2, -0.15) is 0 Å². The molecule has 1 unspecified atom stereocenters. The highest BCUT2D eigenvalue weighted by Crippen LogP contribution is 2.27. The Morgan fingerprint density at radius 2 is 2.06 bits per heavy atom. The van der Waals surface area contributed by atoms with E-state index in [1.165, 1.54) is 11.0 Å². The summed E-state index contributed by atoms with van der Waals surface area (Å²) in [7, 11) is 1.61. The molecule has 1 rings (SSSR count). The maximum absolute atomic E-state index is 13.5. The third-order valence-electron chi connectivity index (χ3n) is 2.36. The van der Waals surface area contributed by atoms with Crippen molar-refractivity contribution >= 4 is 11.4 Å². The third-order valence-corrected chi connectivity index (χ3v) is 2.36. The number of hydrogen-bond acceptors (Lipinski definition) is 3. The predicted molar refractivity (Wildman–Crippen MR) is 60.3 cm³/mol. The molecule has 0 spiro atoms. The van der Waals surface area contributed by atoms with Gasteiger partial charge in [-0.1, -0.05) is 0 Å². The number of halogens is 2. The van der Waals surface area contributed by atoms with Crippen LogP contribution in [-0.2, 0) is 0 Å². The first-order valence-corrected chi connectivity index (χ1v) is 5.06. The Kier molecular flexibility index (Phi) is 4.06. The van der Waals surface area contributed by atoms with Crippen LogP contribution >= 0.6 is 0 Å². The van der Waals surface area contributed by atoms with Crippen LogP contribution in [0, 0.1) is 11.6 Å². The molecule has 0 saturated carbocycles. The van der Waals surface area contributed by atoms with Crippen molar-refractivity contribution in [1.29, 1.82) is 0 Å². The first-order chi connectivity index (χ1) is 7.43. The van der Waals surface area contributed by atoms with Crippen LogP contribution in [0.3, 0.4) is 0 Å². The Morgan fingerprint density at radius 3 is 2.62 bits per heavy atom. The van der Waals surface area contributed by atoms with Gasteiger partial charge in [0.25, 0.3) is 0 Å². The summed E-state index contributed by atoms with van der Waals surface area (Å²) in [5, 5.41) is 9.12. The molecule has 0 aliphatic rings. The van der Waals surface area contributed by atoms with Crippen molar-refractivity contribution in [3.63, 3.8) is 0 Å². The molecule has 0 aliphatic carbocycles. The Balaban J connectivity index is 2.90. The number of hydrogen-bond donors (Lipinski definition) is 2. The van der Waals surface area contributed by atoms with Gasteiger partial charge in [0.1, 0.15) is 0 Å². The molecule has 5 heteroatoms. The van der Waals surface area contributed by atoms with Gasteiger partial charge in [0.15, 0.2) is 11.6 Å². The molecule has 0 heterocycles. The summed E-state index contributed by atoms with van der Waals surface area (Å²) in [6, 6.07) is 2.32. The Bertz CT molecular complexity index is 369. The molecule has 3 nitrogen and oxygen atoms in total. The van der Waals surface area contributed by atoms with Crippen molar-refractivity contribution < 1.29 is 13.9 Å². The second-order valence-corrected chi connectivity index (χ2v) is 3.86. The average molecular weight is 230 g/mol. The molecule has 0 fully saturated rings. The largest absolute Gasteiger partial charge is 0.397 e. The van der Waals surface area contributed by atoms with E-state index in [9.17, 15) is 8.78 Å². The van der Waals surface area contributed by atoms with E-state index in [4.69, 9.17) is 10.8 Å². The third kappa shape index (κ3) is 2.82. The van der Waals surface area contributed by atoms with Crippen LogP contribution in [-0.4, -0.2) is 24.8 Å². The van der Waals surface area contributed by atoms with Gasteiger partial charge in [-0.25, -0.2) is 8.78 Å². The Morgan fingerprint density at radius 1 is 1.44 bits per heavy atom. The zero-order valence-corrected chi connectivity index (χ0v) is 9.37. The molecule has 0 radical (unpaired) electrons. The van der Waals surface area contributed by atoms with Gasteiger partial charge in [-0.3, -0.25) is 0 Å². The lowest BCUT2D eigenvalue weighted by molar-refractivity contribution is 0.187. The Labute approximate surface area is 93.5 Å². The fourth-order valence-electron chi connectivity index (χ4n) is 1.44. The summed E-state index contributed by atoms with van der Waals surface area (Å²) in [6.07, 6.45) is -0.0217. The maximum Gasteiger partial charge on any atom is 0.184 e. The second kappa shape index (κ2) is 5.12. The number of anilines is 2. The molecule has 1 aromatic rings. The molecular weight excluding hydrogens is 214 g/mol. The number of benzene rings is 1. The van der Waals surface area contributed by atoms with Gasteiger partial charge >= 0.3 is 0 Å². The van der Waals surface area contributed by atoms with Gasteiger partial charge in [0.05, 0.1) is 17.5 Å². The molecule has 0 amide bonds. The maximum atomic E-state index is 13.5. The van der Waals surface area contributed by atoms with Crippen LogP contribution in [0.2, 0.25) is 0 Å². The number of aliphatic hydroxyl groups is 1. The van der Waals surface area contributed by atoms with Crippen molar-refractivity contribution in [2.45, 2.75) is 19.4 Å². The highest BCUT2D eigenvalue weighted by atomic mass is 19.2. The molecule has 1 atom stereocenters. The molecule has 1 aromatic carbocycles.